The SMILES string of the molecule is COc1ccc(C(=O)Nc2ccc(SC(CCn3nnc4ccc(C)cc4c3=O)C(=O)O)cc2)cc1. The number of nitrogens with one attached hydrogen (secondary N) is 1. The van der Waals surface area contributed by atoms with Crippen LogP contribution in [0.25, 0.3) is 10.9 Å². The molecule has 1 heterocycles. The standard InChI is InChI=1S/C26H24N4O5S/c1-16-3-12-22-21(15-16)25(32)30(29-28-22)14-13-23(26(33)34)36-20-10-6-18(7-11-20)27-24(31)17-4-8-19(35-2)9-5-17/h3-12,15,23H,13-14H2,1-2H3,(H,27,31)(H,33,34). The summed E-state index contributed by atoms with van der Waals surface area (Å²) in [6.45, 7) is 2.01. The number of fused-ring (bicyclic) bond motifs is 1. The van der Waals surface area contributed by atoms with E-state index in [2.05, 4.69) is 15.6 Å². The monoisotopic (exact) mass is 504 g/mol. The lowest BCUT2D eigenvalue weighted by Crippen LogP contribution is -2.27. The fourth-order valence-corrected chi connectivity index (χ4v) is 4.48. The number of methoxy groups -OCH3 is 1. The summed E-state index contributed by atoms with van der Waals surface area (Å²) < 4.78 is 6.30. The number of carbonyl (C=O) groups excluding carboxylic acids is 1. The van der Waals surface area contributed by atoms with Gasteiger partial charge in [-0.05, 0) is 74.0 Å². The minimum Gasteiger partial charge on any atom is -0.497 e. The first-order valence-corrected chi connectivity index (χ1v) is 12.0. The molecule has 1 amide bonds. The van der Waals surface area contributed by atoms with Gasteiger partial charge >= 0.3 is 5.97 Å². The molecule has 4 rings (SSSR count). The zero-order valence-electron chi connectivity index (χ0n) is 19.7. The van der Waals surface area contributed by atoms with Crippen molar-refractivity contribution >= 4 is 40.2 Å². The van der Waals surface area contributed by atoms with Crippen LogP contribution in [0.15, 0.2) is 76.4 Å². The molecule has 36 heavy (non-hydrogen) atoms. The number of nitrogens with zero attached hydrogens (tertiary/aromatic N) is 3. The van der Waals surface area contributed by atoms with Crippen molar-refractivity contribution in [3.05, 3.63) is 88.2 Å². The van der Waals surface area contributed by atoms with E-state index >= 15 is 0 Å². The number of carboxylic acid groups (broad SMARTS) is 1. The van der Waals surface area contributed by atoms with Gasteiger partial charge in [-0.15, -0.1) is 16.9 Å². The third kappa shape index (κ3) is 5.89. The van der Waals surface area contributed by atoms with Crippen LogP contribution in [0.5, 0.6) is 5.75 Å². The van der Waals surface area contributed by atoms with Gasteiger partial charge in [-0.25, -0.2) is 4.68 Å². The molecule has 2 N–H and O–H groups in total. The highest BCUT2D eigenvalue weighted by molar-refractivity contribution is 8.00. The molecule has 0 aliphatic heterocycles. The third-order valence-corrected chi connectivity index (χ3v) is 6.76. The zero-order valence-corrected chi connectivity index (χ0v) is 20.5. The molecule has 0 bridgehead atoms. The highest BCUT2D eigenvalue weighted by Gasteiger charge is 2.20. The van der Waals surface area contributed by atoms with Crippen LogP contribution >= 0.6 is 11.8 Å². The quantitative estimate of drug-likeness (QED) is 0.328. The number of aliphatic carboxylic acids is 1. The fourth-order valence-electron chi connectivity index (χ4n) is 3.54. The van der Waals surface area contributed by atoms with E-state index in [1.54, 1.807) is 67.8 Å². The maximum atomic E-state index is 12.7. The van der Waals surface area contributed by atoms with Crippen molar-refractivity contribution in [3.63, 3.8) is 0 Å². The summed E-state index contributed by atoms with van der Waals surface area (Å²) in [6, 6.07) is 19.0. The number of aromatic nitrogens is 3. The summed E-state index contributed by atoms with van der Waals surface area (Å²) in [5, 5.41) is 20.2. The number of hydrogen-bond acceptors (Lipinski definition) is 7. The molecule has 0 aliphatic carbocycles. The highest BCUT2D eigenvalue weighted by Crippen LogP contribution is 2.27. The van der Waals surface area contributed by atoms with Crippen LogP contribution < -0.4 is 15.6 Å². The Bertz CT molecular complexity index is 1450. The second-order valence-electron chi connectivity index (χ2n) is 8.08. The fraction of sp³-hybridized carbons (Fsp3) is 0.192. The average molecular weight is 505 g/mol. The molecule has 1 atom stereocenters. The minimum atomic E-state index is -0.991. The summed E-state index contributed by atoms with van der Waals surface area (Å²) >= 11 is 1.17. The predicted octanol–water partition coefficient (Wildman–Crippen LogP) is 4.00. The number of aryl methyl sites for hydroxylation is 2. The van der Waals surface area contributed by atoms with Gasteiger partial charge in [0, 0.05) is 22.7 Å². The average Bonchev–Trinajstić information content (AvgIpc) is 2.88. The maximum Gasteiger partial charge on any atom is 0.317 e. The number of rotatable bonds is 9. The van der Waals surface area contributed by atoms with Gasteiger partial charge in [-0.1, -0.05) is 16.8 Å². The predicted molar refractivity (Wildman–Crippen MR) is 138 cm³/mol. The van der Waals surface area contributed by atoms with Crippen LogP contribution in [-0.4, -0.2) is 44.3 Å². The summed E-state index contributed by atoms with van der Waals surface area (Å²) in [5.41, 5.74) is 2.21. The summed E-state index contributed by atoms with van der Waals surface area (Å²) in [7, 11) is 1.56. The van der Waals surface area contributed by atoms with Gasteiger partial charge in [0.25, 0.3) is 11.5 Å². The molecule has 0 aliphatic rings. The molecule has 1 aromatic heterocycles. The Kier molecular flexibility index (Phi) is 7.65. The third-order valence-electron chi connectivity index (χ3n) is 5.50. The van der Waals surface area contributed by atoms with E-state index in [0.29, 0.717) is 27.9 Å². The van der Waals surface area contributed by atoms with Crippen molar-refractivity contribution in [2.45, 2.75) is 30.0 Å². The van der Waals surface area contributed by atoms with Gasteiger partial charge in [0.15, 0.2) is 0 Å². The Morgan fingerprint density at radius 2 is 1.81 bits per heavy atom. The Balaban J connectivity index is 1.39. The number of anilines is 1. The Morgan fingerprint density at radius 3 is 2.47 bits per heavy atom. The first-order chi connectivity index (χ1) is 17.3. The Labute approximate surface area is 211 Å². The van der Waals surface area contributed by atoms with Gasteiger partial charge < -0.3 is 15.2 Å². The van der Waals surface area contributed by atoms with Crippen molar-refractivity contribution in [2.24, 2.45) is 0 Å². The zero-order chi connectivity index (χ0) is 25.7. The van der Waals surface area contributed by atoms with Crippen LogP contribution in [0.3, 0.4) is 0 Å². The second kappa shape index (κ2) is 11.0. The van der Waals surface area contributed by atoms with Crippen LogP contribution in [0.1, 0.15) is 22.3 Å². The first-order valence-electron chi connectivity index (χ1n) is 11.1. The summed E-state index contributed by atoms with van der Waals surface area (Å²) in [6.07, 6.45) is 0.182. The number of benzene rings is 3. The number of thioether (sulfide) groups is 1. The number of carbonyl (C=O) groups is 2. The molecule has 0 saturated heterocycles. The van der Waals surface area contributed by atoms with E-state index in [1.807, 2.05) is 13.0 Å². The van der Waals surface area contributed by atoms with Gasteiger partial charge in [-0.3, -0.25) is 14.4 Å². The topological polar surface area (TPSA) is 123 Å². The van der Waals surface area contributed by atoms with Gasteiger partial charge in [0.2, 0.25) is 0 Å². The normalized spacial score (nSPS) is 11.7. The van der Waals surface area contributed by atoms with E-state index in [9.17, 15) is 19.5 Å². The number of amides is 1. The molecule has 0 radical (unpaired) electrons. The van der Waals surface area contributed by atoms with Crippen molar-refractivity contribution < 1.29 is 19.4 Å². The molecule has 0 saturated carbocycles. The van der Waals surface area contributed by atoms with Crippen LogP contribution in [0.4, 0.5) is 5.69 Å². The van der Waals surface area contributed by atoms with Crippen molar-refractivity contribution in [1.82, 2.24) is 15.0 Å². The smallest absolute Gasteiger partial charge is 0.317 e. The van der Waals surface area contributed by atoms with E-state index in [-0.39, 0.29) is 24.4 Å². The van der Waals surface area contributed by atoms with E-state index in [4.69, 9.17) is 4.74 Å². The van der Waals surface area contributed by atoms with Gasteiger partial charge in [0.05, 0.1) is 12.5 Å². The van der Waals surface area contributed by atoms with Gasteiger partial charge in [-0.2, -0.15) is 0 Å². The summed E-state index contributed by atoms with van der Waals surface area (Å²) in [5.74, 6) is -0.596. The molecule has 184 valence electrons. The second-order valence-corrected chi connectivity index (χ2v) is 9.35. The molecule has 0 spiro atoms. The Morgan fingerprint density at radius 1 is 1.08 bits per heavy atom. The Hall–Kier alpha value is -4.18. The van der Waals surface area contributed by atoms with Crippen LogP contribution in [-0.2, 0) is 11.3 Å². The molecular weight excluding hydrogens is 480 g/mol. The molecular formula is C26H24N4O5S. The first kappa shape index (κ1) is 24.9. The maximum absolute atomic E-state index is 12.7. The number of carboxylic acids is 1. The van der Waals surface area contributed by atoms with Crippen LogP contribution in [0, 0.1) is 6.92 Å². The van der Waals surface area contributed by atoms with Crippen molar-refractivity contribution in [3.8, 4) is 5.75 Å². The van der Waals surface area contributed by atoms with Crippen molar-refractivity contribution in [2.75, 3.05) is 12.4 Å². The lowest BCUT2D eigenvalue weighted by atomic mass is 10.2. The molecule has 0 fully saturated rings. The van der Waals surface area contributed by atoms with Crippen molar-refractivity contribution in [1.29, 1.82) is 0 Å². The molecule has 1 unspecified atom stereocenters. The van der Waals surface area contributed by atoms with Crippen LogP contribution in [0.2, 0.25) is 0 Å². The van der Waals surface area contributed by atoms with E-state index < -0.39 is 11.2 Å². The van der Waals surface area contributed by atoms with E-state index in [0.717, 1.165) is 10.5 Å². The molecule has 9 nitrogen and oxygen atoms in total. The molecule has 10 heteroatoms. The largest absolute Gasteiger partial charge is 0.497 e. The molecule has 3 aromatic carbocycles. The van der Waals surface area contributed by atoms with E-state index in [1.165, 1.54) is 16.4 Å². The lowest BCUT2D eigenvalue weighted by molar-refractivity contribution is -0.136. The molecule has 4 aromatic rings. The number of hydrogen-bond donors (Lipinski definition) is 2. The summed E-state index contributed by atoms with van der Waals surface area (Å²) in [4.78, 5) is 37.8. The highest BCUT2D eigenvalue weighted by atomic mass is 32.2. The lowest BCUT2D eigenvalue weighted by Gasteiger charge is -2.13. The minimum absolute atomic E-state index is 0.121. The number of ether oxygens (including phenoxy) is 1. The van der Waals surface area contributed by atoms with Gasteiger partial charge in [0.1, 0.15) is 16.5 Å².